The topological polar surface area (TPSA) is 15.3 Å². The summed E-state index contributed by atoms with van der Waals surface area (Å²) in [5.41, 5.74) is 0.328. The van der Waals surface area contributed by atoms with Gasteiger partial charge in [0.1, 0.15) is 0 Å². The van der Waals surface area contributed by atoms with Gasteiger partial charge in [-0.05, 0) is 39.3 Å². The third kappa shape index (κ3) is 4.98. The van der Waals surface area contributed by atoms with E-state index in [0.29, 0.717) is 17.5 Å². The molecule has 0 bridgehead atoms. The summed E-state index contributed by atoms with van der Waals surface area (Å²) in [4.78, 5) is 2.47. The van der Waals surface area contributed by atoms with Crippen molar-refractivity contribution in [3.05, 3.63) is 0 Å². The predicted octanol–water partition coefficient (Wildman–Crippen LogP) is 2.74. The molecule has 0 amide bonds. The van der Waals surface area contributed by atoms with Crippen LogP contribution >= 0.6 is 0 Å². The Balaban J connectivity index is 4.22. The molecule has 0 heterocycles. The van der Waals surface area contributed by atoms with E-state index in [4.69, 9.17) is 0 Å². The Kier molecular flexibility index (Phi) is 6.46. The lowest BCUT2D eigenvalue weighted by Gasteiger charge is -2.38. The van der Waals surface area contributed by atoms with Gasteiger partial charge >= 0.3 is 0 Å². The molecule has 2 unspecified atom stereocenters. The van der Waals surface area contributed by atoms with Crippen molar-refractivity contribution in [2.24, 2.45) is 5.41 Å². The van der Waals surface area contributed by atoms with Gasteiger partial charge in [-0.25, -0.2) is 0 Å². The Hall–Kier alpha value is -0.0800. The average molecular weight is 214 g/mol. The van der Waals surface area contributed by atoms with Crippen LogP contribution < -0.4 is 5.32 Å². The van der Waals surface area contributed by atoms with Crippen LogP contribution in [0.25, 0.3) is 0 Å². The molecule has 0 aliphatic carbocycles. The fraction of sp³-hybridized carbons (Fsp3) is 1.00. The number of nitrogens with zero attached hydrogens (tertiary/aromatic N) is 1. The van der Waals surface area contributed by atoms with Crippen molar-refractivity contribution < 1.29 is 0 Å². The molecule has 0 rings (SSSR count). The minimum Gasteiger partial charge on any atom is -0.314 e. The van der Waals surface area contributed by atoms with E-state index in [2.05, 4.69) is 58.8 Å². The van der Waals surface area contributed by atoms with Crippen LogP contribution in [0, 0.1) is 5.41 Å². The summed E-state index contributed by atoms with van der Waals surface area (Å²) in [5, 5.41) is 3.52. The highest BCUT2D eigenvalue weighted by atomic mass is 15.1. The third-order valence-corrected chi connectivity index (χ3v) is 3.68. The minimum absolute atomic E-state index is 0.328. The first-order valence-corrected chi connectivity index (χ1v) is 6.28. The first kappa shape index (κ1) is 14.9. The number of hydrogen-bond acceptors (Lipinski definition) is 2. The van der Waals surface area contributed by atoms with Gasteiger partial charge in [0.05, 0.1) is 0 Å². The van der Waals surface area contributed by atoms with Gasteiger partial charge in [0.25, 0.3) is 0 Å². The van der Waals surface area contributed by atoms with Gasteiger partial charge in [0, 0.05) is 18.6 Å². The zero-order valence-corrected chi connectivity index (χ0v) is 11.7. The molecule has 0 aromatic carbocycles. The molecular weight excluding hydrogens is 184 g/mol. The summed E-state index contributed by atoms with van der Waals surface area (Å²) >= 11 is 0. The van der Waals surface area contributed by atoms with Crippen molar-refractivity contribution in [2.45, 2.75) is 60.0 Å². The van der Waals surface area contributed by atoms with E-state index >= 15 is 0 Å². The maximum Gasteiger partial charge on any atom is 0.0102 e. The lowest BCUT2D eigenvalue weighted by Crippen LogP contribution is -2.47. The molecule has 2 atom stereocenters. The van der Waals surface area contributed by atoms with E-state index < -0.39 is 0 Å². The smallest absolute Gasteiger partial charge is 0.0102 e. The second-order valence-corrected chi connectivity index (χ2v) is 5.44. The van der Waals surface area contributed by atoms with Gasteiger partial charge in [-0.1, -0.05) is 27.7 Å². The van der Waals surface area contributed by atoms with Crippen LogP contribution in [-0.4, -0.2) is 37.1 Å². The Morgan fingerprint density at radius 3 is 2.13 bits per heavy atom. The van der Waals surface area contributed by atoms with Gasteiger partial charge in [-0.3, -0.25) is 0 Å². The van der Waals surface area contributed by atoms with Gasteiger partial charge in [0.15, 0.2) is 0 Å². The first-order chi connectivity index (χ1) is 6.85. The maximum atomic E-state index is 3.52. The zero-order chi connectivity index (χ0) is 12.1. The molecule has 0 aromatic heterocycles. The lowest BCUT2D eigenvalue weighted by molar-refractivity contribution is 0.134. The standard InChI is InChI=1S/C13H30N2/c1-8-11(3)15(7)10-13(5,6)12(4)14-9-2/h11-12,14H,8-10H2,1-7H3. The average Bonchev–Trinajstić information content (AvgIpc) is 2.16. The Bertz CT molecular complexity index is 166. The largest absolute Gasteiger partial charge is 0.314 e. The number of hydrogen-bond donors (Lipinski definition) is 1. The highest BCUT2D eigenvalue weighted by Crippen LogP contribution is 2.22. The van der Waals surface area contributed by atoms with Crippen LogP contribution in [0.4, 0.5) is 0 Å². The maximum absolute atomic E-state index is 3.52. The first-order valence-electron chi connectivity index (χ1n) is 6.28. The molecule has 0 saturated heterocycles. The molecule has 2 nitrogen and oxygen atoms in total. The summed E-state index contributed by atoms with van der Waals surface area (Å²) in [6, 6.07) is 1.24. The van der Waals surface area contributed by atoms with Crippen molar-refractivity contribution in [3.63, 3.8) is 0 Å². The molecule has 0 spiro atoms. The van der Waals surface area contributed by atoms with Crippen molar-refractivity contribution in [1.29, 1.82) is 0 Å². The Morgan fingerprint density at radius 2 is 1.73 bits per heavy atom. The van der Waals surface area contributed by atoms with Crippen LogP contribution in [0.2, 0.25) is 0 Å². The summed E-state index contributed by atoms with van der Waals surface area (Å²) < 4.78 is 0. The summed E-state index contributed by atoms with van der Waals surface area (Å²) in [6.07, 6.45) is 1.22. The molecule has 92 valence electrons. The normalized spacial score (nSPS) is 16.8. The fourth-order valence-corrected chi connectivity index (χ4v) is 1.83. The van der Waals surface area contributed by atoms with Gasteiger partial charge in [-0.2, -0.15) is 0 Å². The van der Waals surface area contributed by atoms with Crippen LogP contribution in [0.15, 0.2) is 0 Å². The van der Waals surface area contributed by atoms with Gasteiger partial charge < -0.3 is 10.2 Å². The predicted molar refractivity (Wildman–Crippen MR) is 69.3 cm³/mol. The summed E-state index contributed by atoms with van der Waals surface area (Å²) in [7, 11) is 2.23. The van der Waals surface area contributed by atoms with E-state index in [0.717, 1.165) is 13.1 Å². The molecular formula is C13H30N2. The quantitative estimate of drug-likeness (QED) is 0.701. The Morgan fingerprint density at radius 1 is 1.20 bits per heavy atom. The summed E-state index contributed by atoms with van der Waals surface area (Å²) in [5.74, 6) is 0. The van der Waals surface area contributed by atoms with Crippen LogP contribution in [0.3, 0.4) is 0 Å². The lowest BCUT2D eigenvalue weighted by atomic mass is 9.84. The van der Waals surface area contributed by atoms with Crippen molar-refractivity contribution in [3.8, 4) is 0 Å². The summed E-state index contributed by atoms with van der Waals surface area (Å²) in [6.45, 7) is 15.9. The van der Waals surface area contributed by atoms with E-state index in [1.165, 1.54) is 6.42 Å². The SMILES string of the molecule is CCNC(C)C(C)(C)CN(C)C(C)CC. The van der Waals surface area contributed by atoms with E-state index in [-0.39, 0.29) is 0 Å². The molecule has 2 heteroatoms. The monoisotopic (exact) mass is 214 g/mol. The second-order valence-electron chi connectivity index (χ2n) is 5.44. The van der Waals surface area contributed by atoms with Crippen LogP contribution in [0.5, 0.6) is 0 Å². The van der Waals surface area contributed by atoms with Crippen molar-refractivity contribution >= 4 is 0 Å². The van der Waals surface area contributed by atoms with Gasteiger partial charge in [-0.15, -0.1) is 0 Å². The van der Waals surface area contributed by atoms with Crippen LogP contribution in [-0.2, 0) is 0 Å². The molecule has 0 aromatic rings. The number of rotatable bonds is 7. The third-order valence-electron chi connectivity index (χ3n) is 3.68. The van der Waals surface area contributed by atoms with Crippen molar-refractivity contribution in [1.82, 2.24) is 10.2 Å². The highest BCUT2D eigenvalue weighted by molar-refractivity contribution is 4.83. The molecule has 0 saturated carbocycles. The van der Waals surface area contributed by atoms with Crippen molar-refractivity contribution in [2.75, 3.05) is 20.1 Å². The molecule has 15 heavy (non-hydrogen) atoms. The fourth-order valence-electron chi connectivity index (χ4n) is 1.83. The second kappa shape index (κ2) is 6.49. The minimum atomic E-state index is 0.328. The molecule has 0 radical (unpaired) electrons. The molecule has 0 aliphatic heterocycles. The molecule has 0 fully saturated rings. The van der Waals surface area contributed by atoms with Gasteiger partial charge in [0.2, 0.25) is 0 Å². The zero-order valence-electron chi connectivity index (χ0n) is 11.7. The Labute approximate surface area is 96.4 Å². The van der Waals surface area contributed by atoms with E-state index in [9.17, 15) is 0 Å². The van der Waals surface area contributed by atoms with E-state index in [1.54, 1.807) is 0 Å². The molecule has 0 aliphatic rings. The van der Waals surface area contributed by atoms with Crippen LogP contribution in [0.1, 0.15) is 48.0 Å². The molecule has 1 N–H and O–H groups in total. The van der Waals surface area contributed by atoms with E-state index in [1.807, 2.05) is 0 Å². The number of nitrogens with one attached hydrogen (secondary N) is 1. The highest BCUT2D eigenvalue weighted by Gasteiger charge is 2.27.